The zero-order chi connectivity index (χ0) is 9.61. The summed E-state index contributed by atoms with van der Waals surface area (Å²) < 4.78 is -0.532. The molecule has 0 aromatic heterocycles. The zero-order valence-electron chi connectivity index (χ0n) is 7.38. The zero-order valence-corrected chi connectivity index (χ0v) is 8.19. The fraction of sp³-hybridized carbons (Fsp3) is 0.444. The standard InChI is InChI=1S/C9H15NOS/c1-4-6-9(3,8(10)11)12-7-5-2/h4-5H,1-2,6-7H2,3H3,(H2,10,11)/t9-/m1/s1. The van der Waals surface area contributed by atoms with E-state index in [0.717, 1.165) is 5.75 Å². The molecule has 3 heteroatoms. The van der Waals surface area contributed by atoms with E-state index < -0.39 is 4.75 Å². The van der Waals surface area contributed by atoms with Gasteiger partial charge in [-0.05, 0) is 13.3 Å². The maximum Gasteiger partial charge on any atom is 0.233 e. The van der Waals surface area contributed by atoms with Crippen molar-refractivity contribution in [3.63, 3.8) is 0 Å². The third-order valence-electron chi connectivity index (χ3n) is 1.57. The van der Waals surface area contributed by atoms with Gasteiger partial charge in [-0.25, -0.2) is 0 Å². The van der Waals surface area contributed by atoms with Crippen LogP contribution >= 0.6 is 11.8 Å². The molecule has 0 rings (SSSR count). The van der Waals surface area contributed by atoms with Crippen LogP contribution in [0.25, 0.3) is 0 Å². The second-order valence-electron chi connectivity index (χ2n) is 2.69. The number of hydrogen-bond donors (Lipinski definition) is 1. The predicted molar refractivity (Wildman–Crippen MR) is 55.1 cm³/mol. The first-order valence-corrected chi connectivity index (χ1v) is 4.71. The summed E-state index contributed by atoms with van der Waals surface area (Å²) in [6.45, 7) is 9.00. The fourth-order valence-corrected chi connectivity index (χ4v) is 1.61. The second kappa shape index (κ2) is 5.04. The monoisotopic (exact) mass is 185 g/mol. The average Bonchev–Trinajstić information content (AvgIpc) is 2.01. The van der Waals surface area contributed by atoms with E-state index in [-0.39, 0.29) is 5.91 Å². The van der Waals surface area contributed by atoms with Gasteiger partial charge < -0.3 is 5.73 Å². The van der Waals surface area contributed by atoms with Crippen LogP contribution in [0.3, 0.4) is 0 Å². The third kappa shape index (κ3) is 3.13. The summed E-state index contributed by atoms with van der Waals surface area (Å²) in [7, 11) is 0. The van der Waals surface area contributed by atoms with Gasteiger partial charge in [0, 0.05) is 5.75 Å². The van der Waals surface area contributed by atoms with Crippen molar-refractivity contribution < 1.29 is 4.79 Å². The van der Waals surface area contributed by atoms with Gasteiger partial charge in [-0.15, -0.1) is 24.9 Å². The highest BCUT2D eigenvalue weighted by atomic mass is 32.2. The van der Waals surface area contributed by atoms with Gasteiger partial charge in [-0.3, -0.25) is 4.79 Å². The molecule has 0 aliphatic carbocycles. The lowest BCUT2D eigenvalue weighted by Crippen LogP contribution is -2.37. The maximum absolute atomic E-state index is 11.0. The van der Waals surface area contributed by atoms with Crippen LogP contribution in [-0.4, -0.2) is 16.4 Å². The predicted octanol–water partition coefficient (Wildman–Crippen LogP) is 1.73. The van der Waals surface area contributed by atoms with Crippen LogP contribution in [0, 0.1) is 0 Å². The van der Waals surface area contributed by atoms with Gasteiger partial charge in [-0.1, -0.05) is 12.2 Å². The van der Waals surface area contributed by atoms with E-state index in [0.29, 0.717) is 6.42 Å². The van der Waals surface area contributed by atoms with Gasteiger partial charge >= 0.3 is 0 Å². The van der Waals surface area contributed by atoms with Crippen LogP contribution in [0.1, 0.15) is 13.3 Å². The smallest absolute Gasteiger partial charge is 0.233 e. The van der Waals surface area contributed by atoms with Gasteiger partial charge in [0.2, 0.25) is 5.91 Å². The molecule has 0 aromatic rings. The van der Waals surface area contributed by atoms with Crippen molar-refractivity contribution in [1.29, 1.82) is 0 Å². The number of primary amides is 1. The quantitative estimate of drug-likeness (QED) is 0.640. The molecule has 12 heavy (non-hydrogen) atoms. The molecule has 2 N–H and O–H groups in total. The molecule has 0 aliphatic rings. The van der Waals surface area contributed by atoms with E-state index in [4.69, 9.17) is 5.73 Å². The number of thioether (sulfide) groups is 1. The first kappa shape index (κ1) is 11.3. The molecule has 2 nitrogen and oxygen atoms in total. The molecule has 0 spiro atoms. The van der Waals surface area contributed by atoms with Gasteiger partial charge in [-0.2, -0.15) is 0 Å². The Bertz CT molecular complexity index is 191. The van der Waals surface area contributed by atoms with E-state index in [2.05, 4.69) is 13.2 Å². The first-order chi connectivity index (χ1) is 5.56. The Morgan fingerprint density at radius 2 is 2.17 bits per heavy atom. The number of rotatable bonds is 6. The lowest BCUT2D eigenvalue weighted by molar-refractivity contribution is -0.119. The van der Waals surface area contributed by atoms with Gasteiger partial charge in [0.15, 0.2) is 0 Å². The molecule has 1 amide bonds. The normalized spacial score (nSPS) is 14.8. The van der Waals surface area contributed by atoms with E-state index in [1.165, 1.54) is 11.8 Å². The molecule has 0 heterocycles. The van der Waals surface area contributed by atoms with Crippen LogP contribution in [-0.2, 0) is 4.79 Å². The lowest BCUT2D eigenvalue weighted by Gasteiger charge is -2.22. The fourth-order valence-electron chi connectivity index (χ4n) is 0.749. The van der Waals surface area contributed by atoms with Crippen molar-refractivity contribution in [2.45, 2.75) is 18.1 Å². The third-order valence-corrected chi connectivity index (χ3v) is 2.98. The Labute approximate surface area is 77.9 Å². The van der Waals surface area contributed by atoms with Gasteiger partial charge in [0.25, 0.3) is 0 Å². The maximum atomic E-state index is 11.0. The summed E-state index contributed by atoms with van der Waals surface area (Å²) in [5.74, 6) is 0.432. The molecule has 0 saturated carbocycles. The van der Waals surface area contributed by atoms with Crippen LogP contribution in [0.4, 0.5) is 0 Å². The molecule has 68 valence electrons. The Hall–Kier alpha value is -0.700. The van der Waals surface area contributed by atoms with E-state index >= 15 is 0 Å². The number of allylic oxidation sites excluding steroid dienone is 1. The number of amides is 1. The minimum absolute atomic E-state index is 0.297. The molecule has 0 fully saturated rings. The number of nitrogens with two attached hydrogens (primary N) is 1. The molecular weight excluding hydrogens is 170 g/mol. The van der Waals surface area contributed by atoms with Gasteiger partial charge in [0.1, 0.15) is 0 Å². The summed E-state index contributed by atoms with van der Waals surface area (Å²) in [6, 6.07) is 0. The number of hydrogen-bond acceptors (Lipinski definition) is 2. The Morgan fingerprint density at radius 1 is 1.58 bits per heavy atom. The molecule has 0 bridgehead atoms. The highest BCUT2D eigenvalue weighted by Gasteiger charge is 2.29. The van der Waals surface area contributed by atoms with Crippen molar-refractivity contribution in [2.24, 2.45) is 5.73 Å². The van der Waals surface area contributed by atoms with E-state index in [1.54, 1.807) is 12.2 Å². The highest BCUT2D eigenvalue weighted by molar-refractivity contribution is 8.01. The summed E-state index contributed by atoms with van der Waals surface area (Å²) in [5.41, 5.74) is 5.26. The molecule has 0 aromatic carbocycles. The molecule has 0 radical (unpaired) electrons. The van der Waals surface area contributed by atoms with Crippen LogP contribution < -0.4 is 5.73 Å². The summed E-state index contributed by atoms with van der Waals surface area (Å²) in [4.78, 5) is 11.0. The van der Waals surface area contributed by atoms with Crippen LogP contribution in [0.2, 0.25) is 0 Å². The average molecular weight is 185 g/mol. The molecule has 0 unspecified atom stereocenters. The van der Waals surface area contributed by atoms with Crippen LogP contribution in [0.5, 0.6) is 0 Å². The Morgan fingerprint density at radius 3 is 2.50 bits per heavy atom. The summed E-state index contributed by atoms with van der Waals surface area (Å²) in [6.07, 6.45) is 4.07. The van der Waals surface area contributed by atoms with E-state index in [9.17, 15) is 4.79 Å². The number of carbonyl (C=O) groups is 1. The van der Waals surface area contributed by atoms with Crippen molar-refractivity contribution in [3.8, 4) is 0 Å². The Balaban J connectivity index is 4.26. The molecule has 0 aliphatic heterocycles. The first-order valence-electron chi connectivity index (χ1n) is 3.72. The van der Waals surface area contributed by atoms with Crippen molar-refractivity contribution in [2.75, 3.05) is 5.75 Å². The largest absolute Gasteiger partial charge is 0.368 e. The Kier molecular flexibility index (Phi) is 4.74. The van der Waals surface area contributed by atoms with E-state index in [1.807, 2.05) is 6.92 Å². The van der Waals surface area contributed by atoms with Crippen LogP contribution in [0.15, 0.2) is 25.3 Å². The minimum Gasteiger partial charge on any atom is -0.368 e. The topological polar surface area (TPSA) is 43.1 Å². The minimum atomic E-state index is -0.532. The summed E-state index contributed by atoms with van der Waals surface area (Å²) >= 11 is 1.49. The lowest BCUT2D eigenvalue weighted by atomic mass is 10.1. The molecule has 0 saturated heterocycles. The van der Waals surface area contributed by atoms with Crippen molar-refractivity contribution in [1.82, 2.24) is 0 Å². The highest BCUT2D eigenvalue weighted by Crippen LogP contribution is 2.28. The summed E-state index contributed by atoms with van der Waals surface area (Å²) in [5, 5.41) is 0. The second-order valence-corrected chi connectivity index (χ2v) is 4.21. The molecule has 1 atom stereocenters. The van der Waals surface area contributed by atoms with Crippen molar-refractivity contribution in [3.05, 3.63) is 25.3 Å². The number of carbonyl (C=O) groups excluding carboxylic acids is 1. The van der Waals surface area contributed by atoms with Crippen molar-refractivity contribution >= 4 is 17.7 Å². The SMILES string of the molecule is C=CCS[C@](C)(CC=C)C(N)=O. The van der Waals surface area contributed by atoms with Gasteiger partial charge in [0.05, 0.1) is 4.75 Å². The molecular formula is C9H15NOS.